The maximum Gasteiger partial charge on any atom is 0.308 e. The zero-order valence-corrected chi connectivity index (χ0v) is 17.0. The van der Waals surface area contributed by atoms with E-state index >= 15 is 0 Å². The highest BCUT2D eigenvalue weighted by Gasteiger charge is 2.29. The number of ether oxygens (including phenoxy) is 2. The number of nitrogens with zero attached hydrogens (tertiary/aromatic N) is 1. The second-order valence-corrected chi connectivity index (χ2v) is 7.87. The number of halogens is 1. The van der Waals surface area contributed by atoms with Crippen LogP contribution in [0.1, 0.15) is 40.2 Å². The van der Waals surface area contributed by atoms with E-state index in [4.69, 9.17) is 25.6 Å². The van der Waals surface area contributed by atoms with Gasteiger partial charge in [0.1, 0.15) is 5.69 Å². The van der Waals surface area contributed by atoms with Gasteiger partial charge in [-0.15, -0.1) is 0 Å². The lowest BCUT2D eigenvalue weighted by Gasteiger charge is -2.21. The van der Waals surface area contributed by atoms with Crippen LogP contribution in [0.25, 0.3) is 22.2 Å². The second-order valence-electron chi connectivity index (χ2n) is 7.43. The van der Waals surface area contributed by atoms with Gasteiger partial charge in [-0.25, -0.2) is 0 Å². The molecule has 0 aliphatic rings. The summed E-state index contributed by atoms with van der Waals surface area (Å²) >= 11 is 5.99. The van der Waals surface area contributed by atoms with Gasteiger partial charge in [0.2, 0.25) is 0 Å². The Kier molecular flexibility index (Phi) is 5.17. The Balaban J connectivity index is 2.41. The molecule has 0 aliphatic carbocycles. The molecule has 1 heterocycles. The van der Waals surface area contributed by atoms with Crippen molar-refractivity contribution in [1.29, 1.82) is 0 Å². The van der Waals surface area contributed by atoms with Gasteiger partial charge in [0.15, 0.2) is 17.1 Å². The molecule has 3 rings (SSSR count). The minimum Gasteiger partial charge on any atom is -0.423 e. The van der Waals surface area contributed by atoms with Crippen molar-refractivity contribution in [3.05, 3.63) is 40.9 Å². The number of carbonyl (C=O) groups is 2. The molecule has 7 heteroatoms. The van der Waals surface area contributed by atoms with Crippen LogP contribution < -0.4 is 9.47 Å². The number of benzene rings is 2. The van der Waals surface area contributed by atoms with Crippen LogP contribution in [0.3, 0.4) is 0 Å². The molecule has 146 valence electrons. The van der Waals surface area contributed by atoms with Crippen LogP contribution in [0.5, 0.6) is 11.5 Å². The van der Waals surface area contributed by atoms with E-state index in [1.54, 1.807) is 30.3 Å². The first-order valence-corrected chi connectivity index (χ1v) is 9.05. The molecule has 2 aromatic carbocycles. The highest BCUT2D eigenvalue weighted by Crippen LogP contribution is 2.46. The van der Waals surface area contributed by atoms with E-state index in [1.807, 2.05) is 20.8 Å². The lowest BCUT2D eigenvalue weighted by molar-refractivity contribution is -0.134. The number of esters is 2. The molecule has 0 N–H and O–H groups in total. The molecule has 28 heavy (non-hydrogen) atoms. The molecule has 0 fully saturated rings. The highest BCUT2D eigenvalue weighted by atomic mass is 35.5. The molecule has 3 aromatic rings. The Hall–Kier alpha value is -2.86. The predicted octanol–water partition coefficient (Wildman–Crippen LogP) is 5.30. The van der Waals surface area contributed by atoms with Gasteiger partial charge in [-0.3, -0.25) is 9.59 Å². The van der Waals surface area contributed by atoms with Gasteiger partial charge in [0.25, 0.3) is 0 Å². The summed E-state index contributed by atoms with van der Waals surface area (Å²) in [5.41, 5.74) is 2.06. The average molecular weight is 402 g/mol. The summed E-state index contributed by atoms with van der Waals surface area (Å²) in [5.74, 6) is -0.853. The van der Waals surface area contributed by atoms with Gasteiger partial charge in [-0.05, 0) is 23.6 Å². The fourth-order valence-corrected chi connectivity index (χ4v) is 3.03. The first-order chi connectivity index (χ1) is 13.1. The monoisotopic (exact) mass is 401 g/mol. The van der Waals surface area contributed by atoms with Gasteiger partial charge < -0.3 is 14.0 Å². The van der Waals surface area contributed by atoms with E-state index in [2.05, 4.69) is 5.16 Å². The highest BCUT2D eigenvalue weighted by molar-refractivity contribution is 6.30. The molecular formula is C21H20ClNO5. The summed E-state index contributed by atoms with van der Waals surface area (Å²) < 4.78 is 16.5. The summed E-state index contributed by atoms with van der Waals surface area (Å²) in [6.45, 7) is 8.54. The topological polar surface area (TPSA) is 78.6 Å². The van der Waals surface area contributed by atoms with Crippen LogP contribution >= 0.6 is 11.6 Å². The molecular weight excluding hydrogens is 382 g/mol. The molecule has 0 spiro atoms. The van der Waals surface area contributed by atoms with Crippen molar-refractivity contribution in [3.8, 4) is 22.8 Å². The lowest BCUT2D eigenvalue weighted by Crippen LogP contribution is -2.14. The molecule has 1 aromatic heterocycles. The number of rotatable bonds is 3. The Morgan fingerprint density at radius 3 is 2.18 bits per heavy atom. The SMILES string of the molecule is CC(=O)Oc1cc(C(C)(C)C)c2onc(-c3ccc(Cl)cc3)c2c1OC(C)=O. The molecule has 0 unspecified atom stereocenters. The third kappa shape index (κ3) is 3.87. The Labute approximate surface area is 167 Å². The molecule has 0 aliphatic heterocycles. The minimum absolute atomic E-state index is 0.0944. The van der Waals surface area contributed by atoms with E-state index in [0.29, 0.717) is 21.7 Å². The third-order valence-electron chi connectivity index (χ3n) is 4.09. The van der Waals surface area contributed by atoms with Crippen molar-refractivity contribution in [2.75, 3.05) is 0 Å². The fourth-order valence-electron chi connectivity index (χ4n) is 2.91. The van der Waals surface area contributed by atoms with Crippen LogP contribution in [-0.2, 0) is 15.0 Å². The quantitative estimate of drug-likeness (QED) is 0.438. The maximum atomic E-state index is 11.8. The number of carbonyl (C=O) groups excluding carboxylic acids is 2. The first kappa shape index (κ1) is 19.9. The van der Waals surface area contributed by atoms with Crippen LogP contribution in [0.2, 0.25) is 5.02 Å². The fraction of sp³-hybridized carbons (Fsp3) is 0.286. The first-order valence-electron chi connectivity index (χ1n) is 8.67. The predicted molar refractivity (Wildman–Crippen MR) is 106 cm³/mol. The van der Waals surface area contributed by atoms with Gasteiger partial charge in [0, 0.05) is 30.0 Å². The summed E-state index contributed by atoms with van der Waals surface area (Å²) in [5, 5.41) is 5.24. The van der Waals surface area contributed by atoms with Gasteiger partial charge in [0.05, 0.1) is 5.39 Å². The van der Waals surface area contributed by atoms with E-state index in [9.17, 15) is 9.59 Å². The Bertz CT molecular complexity index is 1060. The van der Waals surface area contributed by atoms with Crippen molar-refractivity contribution >= 4 is 34.5 Å². The molecule has 6 nitrogen and oxygen atoms in total. The Morgan fingerprint density at radius 2 is 1.64 bits per heavy atom. The number of hydrogen-bond acceptors (Lipinski definition) is 6. The van der Waals surface area contributed by atoms with Crippen molar-refractivity contribution in [3.63, 3.8) is 0 Å². The standard InChI is InChI=1S/C21H20ClNO5/c1-11(24)26-16-10-15(21(3,4)5)19-17(20(16)27-12(2)25)18(23-28-19)13-6-8-14(22)9-7-13/h6-10H,1-5H3. The van der Waals surface area contributed by atoms with Crippen LogP contribution in [-0.4, -0.2) is 17.1 Å². The summed E-state index contributed by atoms with van der Waals surface area (Å²) in [7, 11) is 0. The van der Waals surface area contributed by atoms with E-state index < -0.39 is 11.9 Å². The normalized spacial score (nSPS) is 11.5. The molecule has 0 saturated heterocycles. The zero-order valence-electron chi connectivity index (χ0n) is 16.3. The van der Waals surface area contributed by atoms with Crippen molar-refractivity contribution in [2.45, 2.75) is 40.0 Å². The van der Waals surface area contributed by atoms with Crippen molar-refractivity contribution in [2.24, 2.45) is 0 Å². The summed E-state index contributed by atoms with van der Waals surface area (Å²) in [6.07, 6.45) is 0. The average Bonchev–Trinajstić information content (AvgIpc) is 3.00. The number of aromatic nitrogens is 1. The smallest absolute Gasteiger partial charge is 0.308 e. The van der Waals surface area contributed by atoms with E-state index in [-0.39, 0.29) is 16.9 Å². The van der Waals surface area contributed by atoms with Gasteiger partial charge in [-0.2, -0.15) is 0 Å². The summed E-state index contributed by atoms with van der Waals surface area (Å²) in [6, 6.07) is 8.67. The number of hydrogen-bond donors (Lipinski definition) is 0. The van der Waals surface area contributed by atoms with Crippen LogP contribution in [0.15, 0.2) is 34.9 Å². The van der Waals surface area contributed by atoms with E-state index in [1.165, 1.54) is 13.8 Å². The van der Waals surface area contributed by atoms with Crippen molar-refractivity contribution in [1.82, 2.24) is 5.16 Å². The van der Waals surface area contributed by atoms with E-state index in [0.717, 1.165) is 11.1 Å². The molecule has 0 atom stereocenters. The summed E-state index contributed by atoms with van der Waals surface area (Å²) in [4.78, 5) is 23.4. The molecule has 0 radical (unpaired) electrons. The van der Waals surface area contributed by atoms with Crippen LogP contribution in [0.4, 0.5) is 0 Å². The molecule has 0 bridgehead atoms. The second kappa shape index (κ2) is 7.28. The van der Waals surface area contributed by atoms with Gasteiger partial charge >= 0.3 is 11.9 Å². The zero-order chi connectivity index (χ0) is 20.6. The Morgan fingerprint density at radius 1 is 1.04 bits per heavy atom. The largest absolute Gasteiger partial charge is 0.423 e. The van der Waals surface area contributed by atoms with Crippen molar-refractivity contribution < 1.29 is 23.6 Å². The lowest BCUT2D eigenvalue weighted by atomic mass is 9.85. The van der Waals surface area contributed by atoms with Crippen LogP contribution in [0, 0.1) is 0 Å². The maximum absolute atomic E-state index is 11.8. The molecule has 0 saturated carbocycles. The third-order valence-corrected chi connectivity index (χ3v) is 4.34. The molecule has 0 amide bonds. The number of fused-ring (bicyclic) bond motifs is 1. The van der Waals surface area contributed by atoms with Gasteiger partial charge in [-0.1, -0.05) is 49.7 Å². The minimum atomic E-state index is -0.554.